The Bertz CT molecular complexity index is 823. The third kappa shape index (κ3) is 2.94. The number of tetrazole rings is 1. The zero-order valence-corrected chi connectivity index (χ0v) is 13.1. The Morgan fingerprint density at radius 2 is 2.09 bits per heavy atom. The lowest BCUT2D eigenvalue weighted by Gasteiger charge is -2.21. The summed E-state index contributed by atoms with van der Waals surface area (Å²) in [5.74, 6) is 1.34. The first-order valence-corrected chi connectivity index (χ1v) is 7.99. The van der Waals surface area contributed by atoms with Crippen LogP contribution in [0.25, 0.3) is 10.9 Å². The molecule has 1 aliphatic rings. The summed E-state index contributed by atoms with van der Waals surface area (Å²) in [7, 11) is 0. The molecule has 6 heteroatoms. The first-order valence-electron chi connectivity index (χ1n) is 7.99. The number of rotatable bonds is 3. The van der Waals surface area contributed by atoms with Crippen molar-refractivity contribution in [2.45, 2.75) is 32.2 Å². The number of aryl methyl sites for hydroxylation is 1. The fourth-order valence-electron chi connectivity index (χ4n) is 3.13. The Morgan fingerprint density at radius 3 is 2.96 bits per heavy atom. The topological polar surface area (TPSA) is 65.7 Å². The molecule has 1 saturated heterocycles. The van der Waals surface area contributed by atoms with Gasteiger partial charge in [-0.05, 0) is 54.0 Å². The van der Waals surface area contributed by atoms with Crippen molar-refractivity contribution in [1.82, 2.24) is 25.2 Å². The Hall–Kier alpha value is -2.34. The van der Waals surface area contributed by atoms with Crippen LogP contribution in [0.2, 0.25) is 0 Å². The molecule has 0 amide bonds. The maximum Gasteiger partial charge on any atom is 0.154 e. The molecule has 118 valence electrons. The monoisotopic (exact) mass is 309 g/mol. The predicted molar refractivity (Wildman–Crippen MR) is 86.2 cm³/mol. The number of benzene rings is 1. The number of hydrogen-bond donors (Lipinski definition) is 0. The largest absolute Gasteiger partial charge is 0.381 e. The SMILES string of the molecule is Cc1ccc2ncc(Cn3nnnc3C3CCOCC3)cc2c1. The second-order valence-corrected chi connectivity index (χ2v) is 6.12. The van der Waals surface area contributed by atoms with E-state index in [4.69, 9.17) is 4.74 Å². The molecule has 4 rings (SSSR count). The van der Waals surface area contributed by atoms with Crippen molar-refractivity contribution >= 4 is 10.9 Å². The molecule has 0 unspecified atom stereocenters. The van der Waals surface area contributed by atoms with Gasteiger partial charge in [0.15, 0.2) is 5.82 Å². The van der Waals surface area contributed by atoms with Crippen molar-refractivity contribution in [3.63, 3.8) is 0 Å². The van der Waals surface area contributed by atoms with Crippen LogP contribution in [0.3, 0.4) is 0 Å². The minimum atomic E-state index is 0.384. The molecule has 0 N–H and O–H groups in total. The molecule has 1 aromatic carbocycles. The third-order valence-corrected chi connectivity index (χ3v) is 4.37. The zero-order chi connectivity index (χ0) is 15.6. The predicted octanol–water partition coefficient (Wildman–Crippen LogP) is 2.47. The summed E-state index contributed by atoms with van der Waals surface area (Å²) >= 11 is 0. The van der Waals surface area contributed by atoms with Crippen molar-refractivity contribution in [1.29, 1.82) is 0 Å². The minimum absolute atomic E-state index is 0.384. The summed E-state index contributed by atoms with van der Waals surface area (Å²) in [6.07, 6.45) is 3.87. The van der Waals surface area contributed by atoms with Crippen LogP contribution in [0.15, 0.2) is 30.5 Å². The molecule has 1 aliphatic heterocycles. The van der Waals surface area contributed by atoms with Crippen LogP contribution in [-0.4, -0.2) is 38.4 Å². The number of aromatic nitrogens is 5. The van der Waals surface area contributed by atoms with Crippen LogP contribution < -0.4 is 0 Å². The van der Waals surface area contributed by atoms with E-state index >= 15 is 0 Å². The van der Waals surface area contributed by atoms with E-state index in [0.717, 1.165) is 48.3 Å². The number of ether oxygens (including phenoxy) is 1. The molecule has 23 heavy (non-hydrogen) atoms. The zero-order valence-electron chi connectivity index (χ0n) is 13.1. The van der Waals surface area contributed by atoms with Gasteiger partial charge < -0.3 is 4.74 Å². The van der Waals surface area contributed by atoms with Gasteiger partial charge in [-0.1, -0.05) is 11.6 Å². The summed E-state index contributed by atoms with van der Waals surface area (Å²) in [4.78, 5) is 4.54. The lowest BCUT2D eigenvalue weighted by atomic mass is 9.99. The molecule has 0 bridgehead atoms. The second-order valence-electron chi connectivity index (χ2n) is 6.12. The van der Waals surface area contributed by atoms with Gasteiger partial charge in [-0.15, -0.1) is 5.10 Å². The van der Waals surface area contributed by atoms with Gasteiger partial charge in [0.25, 0.3) is 0 Å². The molecule has 2 aromatic heterocycles. The molecule has 0 aliphatic carbocycles. The summed E-state index contributed by atoms with van der Waals surface area (Å²) in [5.41, 5.74) is 3.37. The number of pyridine rings is 1. The van der Waals surface area contributed by atoms with Gasteiger partial charge >= 0.3 is 0 Å². The minimum Gasteiger partial charge on any atom is -0.381 e. The first kappa shape index (κ1) is 14.3. The van der Waals surface area contributed by atoms with E-state index in [1.54, 1.807) is 0 Å². The van der Waals surface area contributed by atoms with Gasteiger partial charge in [0.2, 0.25) is 0 Å². The van der Waals surface area contributed by atoms with Gasteiger partial charge in [-0.3, -0.25) is 4.98 Å². The van der Waals surface area contributed by atoms with Crippen LogP contribution in [0.1, 0.15) is 35.7 Å². The normalized spacial score (nSPS) is 16.0. The second kappa shape index (κ2) is 6.04. The number of nitrogens with zero attached hydrogens (tertiary/aromatic N) is 5. The van der Waals surface area contributed by atoms with Crippen molar-refractivity contribution in [3.8, 4) is 0 Å². The maximum absolute atomic E-state index is 5.43. The maximum atomic E-state index is 5.43. The highest BCUT2D eigenvalue weighted by atomic mass is 16.5. The van der Waals surface area contributed by atoms with Crippen LogP contribution >= 0.6 is 0 Å². The third-order valence-electron chi connectivity index (χ3n) is 4.37. The summed E-state index contributed by atoms with van der Waals surface area (Å²) in [6.45, 7) is 4.32. The molecular formula is C17H19N5O. The van der Waals surface area contributed by atoms with Crippen molar-refractivity contribution in [3.05, 3.63) is 47.4 Å². The number of hydrogen-bond acceptors (Lipinski definition) is 5. The van der Waals surface area contributed by atoms with E-state index in [2.05, 4.69) is 51.7 Å². The van der Waals surface area contributed by atoms with E-state index in [1.165, 1.54) is 5.56 Å². The van der Waals surface area contributed by atoms with E-state index in [9.17, 15) is 0 Å². The van der Waals surface area contributed by atoms with E-state index in [1.807, 2.05) is 10.9 Å². The van der Waals surface area contributed by atoms with Gasteiger partial charge in [-0.2, -0.15) is 0 Å². The van der Waals surface area contributed by atoms with Crippen molar-refractivity contribution in [2.75, 3.05) is 13.2 Å². The van der Waals surface area contributed by atoms with Gasteiger partial charge in [-0.25, -0.2) is 4.68 Å². The fourth-order valence-corrected chi connectivity index (χ4v) is 3.13. The molecule has 3 heterocycles. The van der Waals surface area contributed by atoms with Crippen LogP contribution in [0.5, 0.6) is 0 Å². The van der Waals surface area contributed by atoms with Gasteiger partial charge in [0.05, 0.1) is 12.1 Å². The molecular weight excluding hydrogens is 290 g/mol. The Labute approximate surface area is 134 Å². The molecule has 0 spiro atoms. The van der Waals surface area contributed by atoms with Gasteiger partial charge in [0, 0.05) is 30.7 Å². The molecule has 6 nitrogen and oxygen atoms in total. The highest BCUT2D eigenvalue weighted by molar-refractivity contribution is 5.79. The molecule has 0 atom stereocenters. The molecule has 0 radical (unpaired) electrons. The lowest BCUT2D eigenvalue weighted by molar-refractivity contribution is 0.0826. The summed E-state index contributed by atoms with van der Waals surface area (Å²) in [5, 5.41) is 13.4. The lowest BCUT2D eigenvalue weighted by Crippen LogP contribution is -2.19. The molecule has 1 fully saturated rings. The quantitative estimate of drug-likeness (QED) is 0.743. The van der Waals surface area contributed by atoms with Crippen molar-refractivity contribution < 1.29 is 4.74 Å². The molecule has 0 saturated carbocycles. The van der Waals surface area contributed by atoms with Gasteiger partial charge in [0.1, 0.15) is 0 Å². The van der Waals surface area contributed by atoms with Crippen molar-refractivity contribution in [2.24, 2.45) is 0 Å². The average Bonchev–Trinajstić information content (AvgIpc) is 3.03. The van der Waals surface area contributed by atoms with Crippen LogP contribution in [0, 0.1) is 6.92 Å². The summed E-state index contributed by atoms with van der Waals surface area (Å²) in [6, 6.07) is 8.47. The Kier molecular flexibility index (Phi) is 3.75. The summed E-state index contributed by atoms with van der Waals surface area (Å²) < 4.78 is 7.32. The fraction of sp³-hybridized carbons (Fsp3) is 0.412. The highest BCUT2D eigenvalue weighted by Gasteiger charge is 2.22. The highest BCUT2D eigenvalue weighted by Crippen LogP contribution is 2.25. The Morgan fingerprint density at radius 1 is 1.22 bits per heavy atom. The van der Waals surface area contributed by atoms with Crippen LogP contribution in [0.4, 0.5) is 0 Å². The van der Waals surface area contributed by atoms with E-state index in [-0.39, 0.29) is 0 Å². The average molecular weight is 309 g/mol. The smallest absolute Gasteiger partial charge is 0.154 e. The van der Waals surface area contributed by atoms with Crippen LogP contribution in [-0.2, 0) is 11.3 Å². The number of fused-ring (bicyclic) bond motifs is 1. The first-order chi connectivity index (χ1) is 11.3. The Balaban J connectivity index is 1.62. The molecule has 3 aromatic rings. The standard InChI is InChI=1S/C17H19N5O/c1-12-2-3-16-15(8-12)9-13(10-18-16)11-22-17(19-20-21-22)14-4-6-23-7-5-14/h2-3,8-10,14H,4-7,11H2,1H3. The van der Waals surface area contributed by atoms with E-state index in [0.29, 0.717) is 12.5 Å². The van der Waals surface area contributed by atoms with E-state index < -0.39 is 0 Å².